The van der Waals surface area contributed by atoms with Gasteiger partial charge in [0.2, 0.25) is 11.8 Å². The van der Waals surface area contributed by atoms with Crippen LogP contribution in [0.4, 0.5) is 5.69 Å². The first-order chi connectivity index (χ1) is 22.4. The number of nitrogens with two attached hydrogens (primary N) is 1. The third kappa shape index (κ3) is 12.3. The number of rotatable bonds is 16. The molecule has 3 aromatic rings. The molecule has 3 unspecified atom stereocenters. The van der Waals surface area contributed by atoms with Gasteiger partial charge in [0.25, 0.3) is 5.91 Å². The molecule has 47 heavy (non-hydrogen) atoms. The Morgan fingerprint density at radius 1 is 1.04 bits per heavy atom. The van der Waals surface area contributed by atoms with Crippen LogP contribution in [0.25, 0.3) is 0 Å². The van der Waals surface area contributed by atoms with Crippen molar-refractivity contribution in [1.29, 1.82) is 0 Å². The van der Waals surface area contributed by atoms with Crippen molar-refractivity contribution in [1.82, 2.24) is 25.2 Å². The Balaban J connectivity index is 0.00000246. The fraction of sp³-hybridized carbons (Fsp3) is 0.500. The molecule has 0 spiro atoms. The zero-order valence-electron chi connectivity index (χ0n) is 29.3. The quantitative estimate of drug-likeness (QED) is 0.105. The minimum absolute atomic E-state index is 0.0378. The summed E-state index contributed by atoms with van der Waals surface area (Å²) in [5.74, 6) is 0.0416. The average molecular weight is 683 g/mol. The van der Waals surface area contributed by atoms with Crippen LogP contribution in [0.15, 0.2) is 60.0 Å². The number of hydrogen-bond acceptors (Lipinski definition) is 8. The third-order valence-electron chi connectivity index (χ3n) is 8.00. The maximum absolute atomic E-state index is 13.6. The van der Waals surface area contributed by atoms with E-state index in [0.29, 0.717) is 36.5 Å². The molecule has 9 nitrogen and oxygen atoms in total. The molecule has 1 aromatic heterocycles. The summed E-state index contributed by atoms with van der Waals surface area (Å²) >= 11 is 2.75. The number of amides is 3. The van der Waals surface area contributed by atoms with E-state index >= 15 is 0 Å². The van der Waals surface area contributed by atoms with Crippen LogP contribution in [0.2, 0.25) is 0 Å². The minimum Gasteiger partial charge on any atom is -0.399 e. The van der Waals surface area contributed by atoms with Gasteiger partial charge in [-0.3, -0.25) is 19.1 Å². The predicted octanol–water partition coefficient (Wildman–Crippen LogP) is 6.21. The standard InChI is InChI=1S/C33H46N6O3S2.C3H8/c1-7-22(2)28(37-31(41)29(35-5)33(3,4)24-12-9-8-10-13-24)32(42)39(6)19-11-14-27-36-26(21-43-27)30(40)38-44-20-23-15-17-25(34)18-16-23;1-3-2/h8-10,12-13,15-18,21-22,28-29,35H,7,11,14,19-20,34H2,1-6H3,(H,37,41)(H,38,40);3H2,1-2H3. The summed E-state index contributed by atoms with van der Waals surface area (Å²) < 4.78 is 2.84. The van der Waals surface area contributed by atoms with E-state index in [0.717, 1.165) is 22.6 Å². The summed E-state index contributed by atoms with van der Waals surface area (Å²) in [4.78, 5) is 45.9. The Morgan fingerprint density at radius 2 is 1.68 bits per heavy atom. The monoisotopic (exact) mass is 682 g/mol. The normalized spacial score (nSPS) is 13.0. The summed E-state index contributed by atoms with van der Waals surface area (Å²) in [6.07, 6.45) is 3.32. The van der Waals surface area contributed by atoms with Gasteiger partial charge in [-0.2, -0.15) is 0 Å². The van der Waals surface area contributed by atoms with Crippen LogP contribution in [-0.4, -0.2) is 60.3 Å². The topological polar surface area (TPSA) is 129 Å². The molecule has 0 aliphatic heterocycles. The van der Waals surface area contributed by atoms with Crippen molar-refractivity contribution in [3.05, 3.63) is 81.8 Å². The smallest absolute Gasteiger partial charge is 0.280 e. The van der Waals surface area contributed by atoms with E-state index < -0.39 is 17.5 Å². The molecule has 0 aliphatic carbocycles. The Labute approximate surface area is 290 Å². The lowest BCUT2D eigenvalue weighted by atomic mass is 9.77. The summed E-state index contributed by atoms with van der Waals surface area (Å²) in [5.41, 5.74) is 8.42. The largest absolute Gasteiger partial charge is 0.399 e. The maximum Gasteiger partial charge on any atom is 0.280 e. The lowest BCUT2D eigenvalue weighted by Crippen LogP contribution is -2.59. The van der Waals surface area contributed by atoms with E-state index in [1.165, 1.54) is 29.7 Å². The fourth-order valence-electron chi connectivity index (χ4n) is 4.97. The van der Waals surface area contributed by atoms with Gasteiger partial charge < -0.3 is 21.3 Å². The van der Waals surface area contributed by atoms with E-state index in [1.54, 1.807) is 24.4 Å². The first-order valence-corrected chi connectivity index (χ1v) is 18.2. The molecule has 0 fully saturated rings. The van der Waals surface area contributed by atoms with Crippen molar-refractivity contribution in [2.45, 2.75) is 90.5 Å². The summed E-state index contributed by atoms with van der Waals surface area (Å²) in [7, 11) is 3.54. The summed E-state index contributed by atoms with van der Waals surface area (Å²) in [6, 6.07) is 16.3. The first kappa shape index (κ1) is 39.8. The van der Waals surface area contributed by atoms with Crippen molar-refractivity contribution >= 4 is 46.7 Å². The molecule has 258 valence electrons. The number of likely N-dealkylation sites (N-methyl/N-ethyl adjacent to an activating group) is 2. The van der Waals surface area contributed by atoms with E-state index in [9.17, 15) is 14.4 Å². The van der Waals surface area contributed by atoms with Gasteiger partial charge in [-0.05, 0) is 54.6 Å². The van der Waals surface area contributed by atoms with E-state index in [2.05, 4.69) is 34.2 Å². The van der Waals surface area contributed by atoms with Crippen LogP contribution < -0.4 is 21.1 Å². The number of nitrogens with one attached hydrogen (secondary N) is 3. The van der Waals surface area contributed by atoms with Crippen molar-refractivity contribution in [3.63, 3.8) is 0 Å². The second-order valence-electron chi connectivity index (χ2n) is 12.3. The summed E-state index contributed by atoms with van der Waals surface area (Å²) in [5, 5.41) is 8.85. The molecule has 5 N–H and O–H groups in total. The maximum atomic E-state index is 13.6. The average Bonchev–Trinajstić information content (AvgIpc) is 3.54. The molecule has 0 saturated carbocycles. The van der Waals surface area contributed by atoms with Crippen molar-refractivity contribution < 1.29 is 14.4 Å². The van der Waals surface area contributed by atoms with E-state index in [-0.39, 0.29) is 23.6 Å². The number of benzene rings is 2. The molecular formula is C36H54N6O3S2. The van der Waals surface area contributed by atoms with Gasteiger partial charge in [0.15, 0.2) is 0 Å². The Bertz CT molecular complexity index is 1380. The van der Waals surface area contributed by atoms with Gasteiger partial charge in [-0.25, -0.2) is 4.98 Å². The van der Waals surface area contributed by atoms with Crippen LogP contribution >= 0.6 is 23.3 Å². The number of nitrogens with zero attached hydrogens (tertiary/aromatic N) is 2. The highest BCUT2D eigenvalue weighted by Gasteiger charge is 2.38. The minimum atomic E-state index is -0.638. The van der Waals surface area contributed by atoms with Crippen LogP contribution in [0, 0.1) is 5.92 Å². The number of carbonyl (C=O) groups excluding carboxylic acids is 3. The first-order valence-electron chi connectivity index (χ1n) is 16.4. The molecule has 3 atom stereocenters. The molecule has 11 heteroatoms. The number of aryl methyl sites for hydroxylation is 1. The Kier molecular flexibility index (Phi) is 17.0. The second-order valence-corrected chi connectivity index (χ2v) is 14.1. The molecule has 2 aromatic carbocycles. The SMILES string of the molecule is CCC.CCC(C)C(NC(=O)C(NC)C(C)(C)c1ccccc1)C(=O)N(C)CCCc1nc(C(=O)NSCc2ccc(N)cc2)cs1. The Morgan fingerprint density at radius 3 is 2.28 bits per heavy atom. The van der Waals surface area contributed by atoms with E-state index in [4.69, 9.17) is 5.73 Å². The van der Waals surface area contributed by atoms with Crippen LogP contribution in [0.3, 0.4) is 0 Å². The molecule has 0 saturated heterocycles. The molecule has 3 rings (SSSR count). The highest BCUT2D eigenvalue weighted by Crippen LogP contribution is 2.27. The van der Waals surface area contributed by atoms with Gasteiger partial charge >= 0.3 is 0 Å². The predicted molar refractivity (Wildman–Crippen MR) is 197 cm³/mol. The van der Waals surface area contributed by atoms with Crippen LogP contribution in [-0.2, 0) is 27.2 Å². The molecular weight excluding hydrogens is 629 g/mol. The van der Waals surface area contributed by atoms with Gasteiger partial charge in [0.05, 0.1) is 11.0 Å². The zero-order valence-corrected chi connectivity index (χ0v) is 30.9. The molecule has 0 aliphatic rings. The molecule has 0 radical (unpaired) electrons. The van der Waals surface area contributed by atoms with Gasteiger partial charge in [-0.15, -0.1) is 11.3 Å². The molecule has 0 bridgehead atoms. The third-order valence-corrected chi connectivity index (χ3v) is 9.71. The van der Waals surface area contributed by atoms with Crippen molar-refractivity contribution in [3.8, 4) is 0 Å². The lowest BCUT2D eigenvalue weighted by Gasteiger charge is -2.36. The summed E-state index contributed by atoms with van der Waals surface area (Å²) in [6.45, 7) is 12.8. The Hall–Kier alpha value is -3.41. The molecule has 1 heterocycles. The van der Waals surface area contributed by atoms with Crippen LogP contribution in [0.5, 0.6) is 0 Å². The number of anilines is 1. The van der Waals surface area contributed by atoms with Crippen molar-refractivity contribution in [2.24, 2.45) is 5.92 Å². The number of aromatic nitrogens is 1. The highest BCUT2D eigenvalue weighted by molar-refractivity contribution is 7.97. The van der Waals surface area contributed by atoms with Crippen LogP contribution in [0.1, 0.15) is 87.4 Å². The number of nitrogen functional groups attached to an aromatic ring is 1. The number of thiazole rings is 1. The van der Waals surface area contributed by atoms with Crippen molar-refractivity contribution in [2.75, 3.05) is 26.4 Å². The zero-order chi connectivity index (χ0) is 35.0. The van der Waals surface area contributed by atoms with Gasteiger partial charge in [0, 0.05) is 42.2 Å². The molecule has 3 amide bonds. The number of hydrogen-bond donors (Lipinski definition) is 4. The number of carbonyl (C=O) groups is 3. The van der Waals surface area contributed by atoms with E-state index in [1.807, 2.05) is 82.3 Å². The lowest BCUT2D eigenvalue weighted by molar-refractivity contribution is -0.137. The second kappa shape index (κ2) is 20.1. The highest BCUT2D eigenvalue weighted by atomic mass is 32.2. The van der Waals surface area contributed by atoms with Gasteiger partial charge in [-0.1, -0.05) is 96.8 Å². The fourth-order valence-corrected chi connectivity index (χ4v) is 6.46. The van der Waals surface area contributed by atoms with Gasteiger partial charge in [0.1, 0.15) is 11.7 Å².